The maximum Gasteiger partial charge on any atom is 0.262 e. The second kappa shape index (κ2) is 4.49. The number of ether oxygens (including phenoxy) is 1. The number of benzene rings is 1. The van der Waals surface area contributed by atoms with E-state index in [9.17, 15) is 9.59 Å². The molecule has 1 amide bonds. The highest BCUT2D eigenvalue weighted by Crippen LogP contribution is 2.28. The van der Waals surface area contributed by atoms with E-state index in [2.05, 4.69) is 17.2 Å². The zero-order chi connectivity index (χ0) is 11.4. The third-order valence-corrected chi connectivity index (χ3v) is 2.03. The Hall–Kier alpha value is -2.28. The van der Waals surface area contributed by atoms with Gasteiger partial charge in [-0.25, -0.2) is 0 Å². The Morgan fingerprint density at radius 1 is 1.50 bits per heavy atom. The zero-order valence-electron chi connectivity index (χ0n) is 8.45. The van der Waals surface area contributed by atoms with E-state index in [4.69, 9.17) is 4.74 Å². The topological polar surface area (TPSA) is 55.4 Å². The van der Waals surface area contributed by atoms with E-state index < -0.39 is 0 Å². The molecule has 80 valence electrons. The fourth-order valence-corrected chi connectivity index (χ4v) is 1.35. The van der Waals surface area contributed by atoms with E-state index in [0.29, 0.717) is 11.4 Å². The molecule has 0 atom stereocenters. The fourth-order valence-electron chi connectivity index (χ4n) is 1.35. The van der Waals surface area contributed by atoms with Crippen molar-refractivity contribution >= 4 is 17.9 Å². The van der Waals surface area contributed by atoms with Gasteiger partial charge in [-0.1, -0.05) is 11.8 Å². The van der Waals surface area contributed by atoms with Gasteiger partial charge in [0, 0.05) is 5.56 Å². The Balaban J connectivity index is 2.23. The van der Waals surface area contributed by atoms with Crippen molar-refractivity contribution in [2.24, 2.45) is 0 Å². The molecule has 16 heavy (non-hydrogen) atoms. The van der Waals surface area contributed by atoms with E-state index in [1.165, 1.54) is 0 Å². The van der Waals surface area contributed by atoms with Crippen molar-refractivity contribution in [1.29, 1.82) is 0 Å². The minimum atomic E-state index is -0.160. The van der Waals surface area contributed by atoms with Crippen molar-refractivity contribution in [3.63, 3.8) is 0 Å². The van der Waals surface area contributed by atoms with Crippen LogP contribution in [0.3, 0.4) is 0 Å². The van der Waals surface area contributed by atoms with Crippen molar-refractivity contribution in [3.8, 4) is 17.6 Å². The number of amides is 1. The van der Waals surface area contributed by atoms with E-state index in [1.807, 2.05) is 0 Å². The molecular weight excluding hydrogens is 206 g/mol. The molecule has 0 aromatic heterocycles. The van der Waals surface area contributed by atoms with Gasteiger partial charge in [0.05, 0.1) is 12.1 Å². The highest BCUT2D eigenvalue weighted by atomic mass is 16.5. The highest BCUT2D eigenvalue weighted by Gasteiger charge is 2.15. The molecule has 1 heterocycles. The largest absolute Gasteiger partial charge is 0.482 e. The Kier molecular flexibility index (Phi) is 2.88. The van der Waals surface area contributed by atoms with Crippen LogP contribution in [0.25, 0.3) is 0 Å². The lowest BCUT2D eigenvalue weighted by molar-refractivity contribution is -0.118. The third kappa shape index (κ3) is 2.20. The number of carbonyl (C=O) groups is 2. The normalized spacial score (nSPS) is 12.6. The van der Waals surface area contributed by atoms with Gasteiger partial charge in [0.2, 0.25) is 0 Å². The van der Waals surface area contributed by atoms with E-state index in [1.54, 1.807) is 18.2 Å². The van der Waals surface area contributed by atoms with Crippen LogP contribution in [0.5, 0.6) is 5.75 Å². The average molecular weight is 215 g/mol. The quantitative estimate of drug-likeness (QED) is 0.560. The van der Waals surface area contributed by atoms with Crippen LogP contribution in [-0.2, 0) is 9.59 Å². The lowest BCUT2D eigenvalue weighted by Crippen LogP contribution is -2.25. The monoisotopic (exact) mass is 215 g/mol. The maximum atomic E-state index is 11.0. The van der Waals surface area contributed by atoms with Crippen LogP contribution in [0.15, 0.2) is 18.2 Å². The molecule has 1 N–H and O–H groups in total. The van der Waals surface area contributed by atoms with Crippen LogP contribution in [0, 0.1) is 11.8 Å². The summed E-state index contributed by atoms with van der Waals surface area (Å²) in [4.78, 5) is 21.1. The highest BCUT2D eigenvalue weighted by molar-refractivity contribution is 5.95. The lowest BCUT2D eigenvalue weighted by atomic mass is 10.1. The number of anilines is 1. The minimum Gasteiger partial charge on any atom is -0.482 e. The second-order valence-corrected chi connectivity index (χ2v) is 3.22. The molecule has 0 fully saturated rings. The van der Waals surface area contributed by atoms with Gasteiger partial charge in [-0.05, 0) is 18.2 Å². The van der Waals surface area contributed by atoms with Gasteiger partial charge in [0.25, 0.3) is 5.91 Å². The summed E-state index contributed by atoms with van der Waals surface area (Å²) in [6.45, 7) is 0.0260. The smallest absolute Gasteiger partial charge is 0.262 e. The van der Waals surface area contributed by atoms with Crippen molar-refractivity contribution in [1.82, 2.24) is 0 Å². The number of rotatable bonds is 1. The molecule has 0 radical (unpaired) electrons. The predicted octanol–water partition coefficient (Wildman–Crippen LogP) is 0.958. The average Bonchev–Trinajstić information content (AvgIpc) is 2.29. The molecule has 0 bridgehead atoms. The number of hydrogen-bond acceptors (Lipinski definition) is 3. The van der Waals surface area contributed by atoms with Gasteiger partial charge in [0.15, 0.2) is 6.61 Å². The number of aldehydes is 1. The van der Waals surface area contributed by atoms with Gasteiger partial charge < -0.3 is 14.8 Å². The van der Waals surface area contributed by atoms with Crippen molar-refractivity contribution in [3.05, 3.63) is 23.8 Å². The van der Waals surface area contributed by atoms with Crippen molar-refractivity contribution in [2.75, 3.05) is 11.9 Å². The summed E-state index contributed by atoms with van der Waals surface area (Å²) in [5, 5.41) is 2.69. The van der Waals surface area contributed by atoms with E-state index in [-0.39, 0.29) is 18.9 Å². The molecule has 2 rings (SSSR count). The van der Waals surface area contributed by atoms with Gasteiger partial charge in [0.1, 0.15) is 12.0 Å². The maximum absolute atomic E-state index is 11.0. The standard InChI is InChI=1S/C12H9NO3/c14-6-2-1-3-9-4-5-10-11(7-9)16-8-12(15)13-10/h4-7H,2,8H2,(H,13,15). The first-order valence-electron chi connectivity index (χ1n) is 4.79. The summed E-state index contributed by atoms with van der Waals surface area (Å²) < 4.78 is 5.23. The summed E-state index contributed by atoms with van der Waals surface area (Å²) in [5.41, 5.74) is 1.41. The first-order valence-corrected chi connectivity index (χ1v) is 4.79. The molecule has 0 saturated carbocycles. The molecule has 0 unspecified atom stereocenters. The summed E-state index contributed by atoms with van der Waals surface area (Å²) in [6, 6.07) is 5.25. The van der Waals surface area contributed by atoms with Crippen LogP contribution in [0.2, 0.25) is 0 Å². The van der Waals surface area contributed by atoms with Crippen LogP contribution in [-0.4, -0.2) is 18.8 Å². The second-order valence-electron chi connectivity index (χ2n) is 3.22. The summed E-state index contributed by atoms with van der Waals surface area (Å²) >= 11 is 0. The molecule has 1 aromatic carbocycles. The molecular formula is C12H9NO3. The van der Waals surface area contributed by atoms with Crippen LogP contribution < -0.4 is 10.1 Å². The van der Waals surface area contributed by atoms with Gasteiger partial charge in [-0.2, -0.15) is 0 Å². The Morgan fingerprint density at radius 3 is 3.19 bits per heavy atom. The fraction of sp³-hybridized carbons (Fsp3) is 0.167. The van der Waals surface area contributed by atoms with Crippen molar-refractivity contribution in [2.45, 2.75) is 6.42 Å². The number of fused-ring (bicyclic) bond motifs is 1. The summed E-state index contributed by atoms with van der Waals surface area (Å²) in [7, 11) is 0. The molecule has 0 spiro atoms. The lowest BCUT2D eigenvalue weighted by Gasteiger charge is -2.17. The third-order valence-electron chi connectivity index (χ3n) is 2.03. The summed E-state index contributed by atoms with van der Waals surface area (Å²) in [5.74, 6) is 5.99. The number of nitrogens with one attached hydrogen (secondary N) is 1. The first kappa shape index (κ1) is 10.2. The van der Waals surface area contributed by atoms with Crippen molar-refractivity contribution < 1.29 is 14.3 Å². The van der Waals surface area contributed by atoms with Crippen LogP contribution in [0.1, 0.15) is 12.0 Å². The predicted molar refractivity (Wildman–Crippen MR) is 58.1 cm³/mol. The SMILES string of the molecule is O=CCC#Cc1ccc2c(c1)OCC(=O)N2. The van der Waals surface area contributed by atoms with Crippen LogP contribution >= 0.6 is 0 Å². The minimum absolute atomic E-state index is 0.0260. The summed E-state index contributed by atoms with van der Waals surface area (Å²) in [6.07, 6.45) is 0.969. The zero-order valence-corrected chi connectivity index (χ0v) is 8.45. The first-order chi connectivity index (χ1) is 7.79. The van der Waals surface area contributed by atoms with E-state index >= 15 is 0 Å². The molecule has 4 heteroatoms. The van der Waals surface area contributed by atoms with Crippen LogP contribution in [0.4, 0.5) is 5.69 Å². The molecule has 4 nitrogen and oxygen atoms in total. The number of hydrogen-bond donors (Lipinski definition) is 1. The van der Waals surface area contributed by atoms with E-state index in [0.717, 1.165) is 11.8 Å². The Morgan fingerprint density at radius 2 is 2.38 bits per heavy atom. The molecule has 1 aromatic rings. The molecule has 0 aliphatic carbocycles. The molecule has 1 aliphatic heterocycles. The van der Waals surface area contributed by atoms with Gasteiger partial charge >= 0.3 is 0 Å². The molecule has 0 saturated heterocycles. The molecule has 1 aliphatic rings. The van der Waals surface area contributed by atoms with Gasteiger partial charge in [-0.15, -0.1) is 0 Å². The van der Waals surface area contributed by atoms with Gasteiger partial charge in [-0.3, -0.25) is 4.79 Å². The number of carbonyl (C=O) groups excluding carboxylic acids is 2. The Bertz CT molecular complexity index is 497. The Labute approximate surface area is 92.6 Å².